The zero-order valence-corrected chi connectivity index (χ0v) is 19.0. The summed E-state index contributed by atoms with van der Waals surface area (Å²) in [6.07, 6.45) is 0. The standard InChI is InChI=1S/C24H25N3O5S/c1-18(28)25-21-7-10-23(11-8-21)33(30,31)27-14-12-26(13-15-27)24(29)17-32-22-9-6-19-4-2-3-5-20(19)16-22/h2-11,16H,12-15,17H2,1H3,(H,25,28). The number of anilines is 1. The smallest absolute Gasteiger partial charge is 0.260 e. The molecule has 1 aliphatic rings. The number of carbonyl (C=O) groups excluding carboxylic acids is 2. The minimum Gasteiger partial charge on any atom is -0.484 e. The summed E-state index contributed by atoms with van der Waals surface area (Å²) in [7, 11) is -3.68. The van der Waals surface area contributed by atoms with Gasteiger partial charge in [0.25, 0.3) is 5.91 Å². The van der Waals surface area contributed by atoms with Crippen molar-refractivity contribution in [2.75, 3.05) is 38.1 Å². The fraction of sp³-hybridized carbons (Fsp3) is 0.250. The number of nitrogens with one attached hydrogen (secondary N) is 1. The maximum absolute atomic E-state index is 12.9. The van der Waals surface area contributed by atoms with E-state index in [-0.39, 0.29) is 36.4 Å². The van der Waals surface area contributed by atoms with Gasteiger partial charge in [-0.25, -0.2) is 8.42 Å². The minimum atomic E-state index is -3.68. The van der Waals surface area contributed by atoms with Gasteiger partial charge in [-0.1, -0.05) is 30.3 Å². The molecule has 9 heteroatoms. The molecule has 1 saturated heterocycles. The number of fused-ring (bicyclic) bond motifs is 1. The molecule has 33 heavy (non-hydrogen) atoms. The van der Waals surface area contributed by atoms with Crippen LogP contribution in [0.3, 0.4) is 0 Å². The van der Waals surface area contributed by atoms with Gasteiger partial charge in [-0.15, -0.1) is 0 Å². The van der Waals surface area contributed by atoms with Crippen molar-refractivity contribution in [2.45, 2.75) is 11.8 Å². The third-order valence-electron chi connectivity index (χ3n) is 5.49. The van der Waals surface area contributed by atoms with E-state index in [9.17, 15) is 18.0 Å². The largest absolute Gasteiger partial charge is 0.484 e. The van der Waals surface area contributed by atoms with Crippen molar-refractivity contribution in [3.8, 4) is 5.75 Å². The number of nitrogens with zero attached hydrogens (tertiary/aromatic N) is 2. The first-order valence-corrected chi connectivity index (χ1v) is 12.0. The summed E-state index contributed by atoms with van der Waals surface area (Å²) in [6.45, 7) is 2.29. The van der Waals surface area contributed by atoms with Crippen LogP contribution >= 0.6 is 0 Å². The predicted molar refractivity (Wildman–Crippen MR) is 126 cm³/mol. The Kier molecular flexibility index (Phi) is 6.62. The Hall–Kier alpha value is -3.43. The van der Waals surface area contributed by atoms with E-state index in [2.05, 4.69) is 5.32 Å². The molecule has 0 aliphatic carbocycles. The molecule has 0 aromatic heterocycles. The molecule has 1 heterocycles. The number of piperazine rings is 1. The summed E-state index contributed by atoms with van der Waals surface area (Å²) >= 11 is 0. The van der Waals surface area contributed by atoms with Crippen LogP contribution in [0.2, 0.25) is 0 Å². The highest BCUT2D eigenvalue weighted by atomic mass is 32.2. The SMILES string of the molecule is CC(=O)Nc1ccc(S(=O)(=O)N2CCN(C(=O)COc3ccc4ccccc4c3)CC2)cc1. The quantitative estimate of drug-likeness (QED) is 0.601. The van der Waals surface area contributed by atoms with Crippen molar-refractivity contribution >= 4 is 38.3 Å². The number of rotatable bonds is 6. The van der Waals surface area contributed by atoms with Crippen LogP contribution in [0.4, 0.5) is 5.69 Å². The number of carbonyl (C=O) groups is 2. The Bertz CT molecular complexity index is 1270. The van der Waals surface area contributed by atoms with Gasteiger partial charge in [0.05, 0.1) is 4.90 Å². The number of amides is 2. The van der Waals surface area contributed by atoms with E-state index in [1.54, 1.807) is 17.0 Å². The fourth-order valence-corrected chi connectivity index (χ4v) is 5.16. The Labute approximate surface area is 192 Å². The summed E-state index contributed by atoms with van der Waals surface area (Å²) in [5.74, 6) is 0.210. The van der Waals surface area contributed by atoms with Gasteiger partial charge in [0.2, 0.25) is 15.9 Å². The number of sulfonamides is 1. The fourth-order valence-electron chi connectivity index (χ4n) is 3.73. The number of hydrogen-bond acceptors (Lipinski definition) is 5. The number of benzene rings is 3. The van der Waals surface area contributed by atoms with Crippen LogP contribution in [-0.2, 0) is 19.6 Å². The molecule has 0 unspecified atom stereocenters. The molecule has 1 N–H and O–H groups in total. The molecule has 0 atom stereocenters. The average Bonchev–Trinajstić information content (AvgIpc) is 2.82. The molecular formula is C24H25N3O5S. The van der Waals surface area contributed by atoms with Crippen molar-refractivity contribution in [1.29, 1.82) is 0 Å². The van der Waals surface area contributed by atoms with Gasteiger partial charge in [-0.3, -0.25) is 9.59 Å². The molecule has 8 nitrogen and oxygen atoms in total. The molecule has 3 aromatic carbocycles. The van der Waals surface area contributed by atoms with Crippen LogP contribution in [0.15, 0.2) is 71.6 Å². The lowest BCUT2D eigenvalue weighted by Gasteiger charge is -2.34. The molecule has 1 fully saturated rings. The van der Waals surface area contributed by atoms with Crippen molar-refractivity contribution in [3.63, 3.8) is 0 Å². The lowest BCUT2D eigenvalue weighted by molar-refractivity contribution is -0.134. The molecular weight excluding hydrogens is 442 g/mol. The topological polar surface area (TPSA) is 96.0 Å². The van der Waals surface area contributed by atoms with Gasteiger partial charge >= 0.3 is 0 Å². The molecule has 3 aromatic rings. The van der Waals surface area contributed by atoms with Crippen LogP contribution in [-0.4, -0.2) is 62.2 Å². The first kappa shape index (κ1) is 22.8. The van der Waals surface area contributed by atoms with E-state index < -0.39 is 10.0 Å². The third-order valence-corrected chi connectivity index (χ3v) is 7.40. The molecule has 172 valence electrons. The molecule has 0 radical (unpaired) electrons. The van der Waals surface area contributed by atoms with E-state index >= 15 is 0 Å². The van der Waals surface area contributed by atoms with Gasteiger partial charge in [0.1, 0.15) is 5.75 Å². The van der Waals surface area contributed by atoms with Crippen molar-refractivity contribution < 1.29 is 22.7 Å². The monoisotopic (exact) mass is 467 g/mol. The van der Waals surface area contributed by atoms with Gasteiger partial charge in [0, 0.05) is 38.8 Å². The second-order valence-electron chi connectivity index (χ2n) is 7.79. The maximum atomic E-state index is 12.9. The van der Waals surface area contributed by atoms with Crippen LogP contribution in [0.1, 0.15) is 6.92 Å². The normalized spacial score (nSPS) is 14.8. The lowest BCUT2D eigenvalue weighted by atomic mass is 10.1. The molecule has 1 aliphatic heterocycles. The molecule has 4 rings (SSSR count). The summed E-state index contributed by atoms with van der Waals surface area (Å²) in [5.41, 5.74) is 0.531. The summed E-state index contributed by atoms with van der Waals surface area (Å²) in [5, 5.41) is 4.74. The van der Waals surface area contributed by atoms with Crippen LogP contribution in [0.25, 0.3) is 10.8 Å². The van der Waals surface area contributed by atoms with Crippen LogP contribution in [0.5, 0.6) is 5.75 Å². The Morgan fingerprint density at radius 3 is 2.24 bits per heavy atom. The lowest BCUT2D eigenvalue weighted by Crippen LogP contribution is -2.51. The van der Waals surface area contributed by atoms with Crippen molar-refractivity contribution in [1.82, 2.24) is 9.21 Å². The van der Waals surface area contributed by atoms with Gasteiger partial charge in [-0.05, 0) is 47.2 Å². The van der Waals surface area contributed by atoms with Gasteiger partial charge < -0.3 is 15.0 Å². The third kappa shape index (κ3) is 5.32. The Morgan fingerprint density at radius 1 is 0.909 bits per heavy atom. The van der Waals surface area contributed by atoms with E-state index in [1.807, 2.05) is 42.5 Å². The summed E-state index contributed by atoms with van der Waals surface area (Å²) in [4.78, 5) is 25.5. The first-order chi connectivity index (χ1) is 15.8. The molecule has 0 bridgehead atoms. The van der Waals surface area contributed by atoms with E-state index in [1.165, 1.54) is 23.4 Å². The summed E-state index contributed by atoms with van der Waals surface area (Å²) in [6, 6.07) is 19.6. The van der Waals surface area contributed by atoms with Crippen LogP contribution in [0, 0.1) is 0 Å². The van der Waals surface area contributed by atoms with Crippen LogP contribution < -0.4 is 10.1 Å². The highest BCUT2D eigenvalue weighted by molar-refractivity contribution is 7.89. The predicted octanol–water partition coefficient (Wildman–Crippen LogP) is 2.71. The molecule has 0 saturated carbocycles. The first-order valence-electron chi connectivity index (χ1n) is 10.6. The molecule has 0 spiro atoms. The average molecular weight is 468 g/mol. The Balaban J connectivity index is 1.31. The second-order valence-corrected chi connectivity index (χ2v) is 9.73. The zero-order chi connectivity index (χ0) is 23.4. The maximum Gasteiger partial charge on any atom is 0.260 e. The van der Waals surface area contributed by atoms with E-state index in [0.717, 1.165) is 10.8 Å². The highest BCUT2D eigenvalue weighted by Crippen LogP contribution is 2.22. The van der Waals surface area contributed by atoms with Crippen molar-refractivity contribution in [2.24, 2.45) is 0 Å². The summed E-state index contributed by atoms with van der Waals surface area (Å²) < 4.78 is 32.9. The van der Waals surface area contributed by atoms with Gasteiger partial charge in [0.15, 0.2) is 6.61 Å². The minimum absolute atomic E-state index is 0.101. The van der Waals surface area contributed by atoms with Gasteiger partial charge in [-0.2, -0.15) is 4.31 Å². The zero-order valence-electron chi connectivity index (χ0n) is 18.2. The second kappa shape index (κ2) is 9.60. The van der Waals surface area contributed by atoms with E-state index in [0.29, 0.717) is 24.5 Å². The Morgan fingerprint density at radius 2 is 1.58 bits per heavy atom. The van der Waals surface area contributed by atoms with E-state index in [4.69, 9.17) is 4.74 Å². The van der Waals surface area contributed by atoms with Crippen molar-refractivity contribution in [3.05, 3.63) is 66.7 Å². The number of ether oxygens (including phenoxy) is 1. The number of hydrogen-bond donors (Lipinski definition) is 1. The highest BCUT2D eigenvalue weighted by Gasteiger charge is 2.30. The molecule has 2 amide bonds.